The van der Waals surface area contributed by atoms with Crippen molar-refractivity contribution >= 4 is 38.6 Å². The van der Waals surface area contributed by atoms with Gasteiger partial charge in [-0.3, -0.25) is 9.89 Å². The highest BCUT2D eigenvalue weighted by molar-refractivity contribution is 9.10. The van der Waals surface area contributed by atoms with Gasteiger partial charge < -0.3 is 9.88 Å². The van der Waals surface area contributed by atoms with E-state index in [1.807, 2.05) is 30.3 Å². The molecule has 0 aliphatic rings. The van der Waals surface area contributed by atoms with Gasteiger partial charge in [0.25, 0.3) is 5.91 Å². The van der Waals surface area contributed by atoms with Crippen LogP contribution < -0.4 is 5.32 Å². The van der Waals surface area contributed by atoms with Crippen molar-refractivity contribution in [1.82, 2.24) is 14.8 Å². The number of hydrogen-bond acceptors (Lipinski definition) is 2. The minimum atomic E-state index is -0.188. The maximum absolute atomic E-state index is 12.3. The maximum Gasteiger partial charge on any atom is 0.256 e. The van der Waals surface area contributed by atoms with E-state index in [1.54, 1.807) is 12.1 Å². The second-order valence-corrected chi connectivity index (χ2v) is 6.88. The van der Waals surface area contributed by atoms with Crippen molar-refractivity contribution in [3.05, 3.63) is 70.7 Å². The van der Waals surface area contributed by atoms with Crippen molar-refractivity contribution in [1.29, 1.82) is 0 Å². The molecular formula is C20H17BrN4O. The molecule has 2 aromatic carbocycles. The third kappa shape index (κ3) is 3.04. The first-order chi connectivity index (χ1) is 12.7. The fourth-order valence-electron chi connectivity index (χ4n) is 3.08. The summed E-state index contributed by atoms with van der Waals surface area (Å²) in [5.74, 6) is 0.312. The molecule has 0 bridgehead atoms. The molecule has 6 heteroatoms. The lowest BCUT2D eigenvalue weighted by Crippen LogP contribution is -2.11. The highest BCUT2D eigenvalue weighted by atomic mass is 79.9. The molecule has 0 unspecified atom stereocenters. The quantitative estimate of drug-likeness (QED) is 0.495. The number of amides is 1. The van der Waals surface area contributed by atoms with Gasteiger partial charge >= 0.3 is 0 Å². The number of aromatic nitrogens is 3. The van der Waals surface area contributed by atoms with E-state index < -0.39 is 0 Å². The molecule has 0 radical (unpaired) electrons. The van der Waals surface area contributed by atoms with Crippen molar-refractivity contribution in [3.8, 4) is 11.4 Å². The van der Waals surface area contributed by atoms with Crippen LogP contribution in [0.2, 0.25) is 0 Å². The highest BCUT2D eigenvalue weighted by Gasteiger charge is 2.13. The number of H-pyrrole nitrogens is 1. The summed E-state index contributed by atoms with van der Waals surface area (Å²) in [4.78, 5) is 12.3. The summed E-state index contributed by atoms with van der Waals surface area (Å²) in [5, 5.41) is 11.3. The Labute approximate surface area is 159 Å². The first kappa shape index (κ1) is 16.6. The largest absolute Gasteiger partial charge is 0.340 e. The Balaban J connectivity index is 1.62. The zero-order chi connectivity index (χ0) is 18.1. The van der Waals surface area contributed by atoms with Gasteiger partial charge in [-0.15, -0.1) is 0 Å². The second-order valence-electron chi connectivity index (χ2n) is 5.96. The number of hydrogen-bond donors (Lipinski definition) is 2. The average Bonchev–Trinajstić information content (AvgIpc) is 3.26. The first-order valence-electron chi connectivity index (χ1n) is 8.36. The van der Waals surface area contributed by atoms with E-state index in [4.69, 9.17) is 0 Å². The van der Waals surface area contributed by atoms with Gasteiger partial charge in [-0.2, -0.15) is 5.10 Å². The molecule has 26 heavy (non-hydrogen) atoms. The van der Waals surface area contributed by atoms with Crippen LogP contribution in [0, 0.1) is 0 Å². The lowest BCUT2D eigenvalue weighted by molar-refractivity contribution is 0.102. The van der Waals surface area contributed by atoms with Crippen LogP contribution in [-0.2, 0) is 6.54 Å². The number of halogens is 1. The van der Waals surface area contributed by atoms with Gasteiger partial charge in [-0.1, -0.05) is 34.1 Å². The molecule has 5 nitrogen and oxygen atoms in total. The van der Waals surface area contributed by atoms with E-state index in [0.29, 0.717) is 11.4 Å². The molecular weight excluding hydrogens is 392 g/mol. The number of anilines is 1. The van der Waals surface area contributed by atoms with Crippen molar-refractivity contribution < 1.29 is 4.79 Å². The molecule has 2 N–H and O–H groups in total. The number of aryl methyl sites for hydroxylation is 1. The van der Waals surface area contributed by atoms with Crippen LogP contribution in [0.5, 0.6) is 0 Å². The summed E-state index contributed by atoms with van der Waals surface area (Å²) in [6.45, 7) is 2.96. The van der Waals surface area contributed by atoms with Crippen LogP contribution >= 0.6 is 15.9 Å². The molecule has 2 heterocycles. The van der Waals surface area contributed by atoms with Gasteiger partial charge in [0.05, 0.1) is 11.4 Å². The smallest absolute Gasteiger partial charge is 0.256 e. The number of rotatable bonds is 4. The second kappa shape index (κ2) is 6.80. The predicted octanol–water partition coefficient (Wildman–Crippen LogP) is 5.07. The Hall–Kier alpha value is -2.86. The van der Waals surface area contributed by atoms with E-state index >= 15 is 0 Å². The summed E-state index contributed by atoms with van der Waals surface area (Å²) >= 11 is 3.37. The van der Waals surface area contributed by atoms with Crippen LogP contribution in [0.1, 0.15) is 17.3 Å². The molecule has 0 saturated heterocycles. The number of nitrogens with zero attached hydrogens (tertiary/aromatic N) is 2. The molecule has 0 aliphatic heterocycles. The molecule has 130 valence electrons. The van der Waals surface area contributed by atoms with Crippen LogP contribution in [-0.4, -0.2) is 20.7 Å². The topological polar surface area (TPSA) is 62.7 Å². The Morgan fingerprint density at radius 3 is 2.69 bits per heavy atom. The zero-order valence-electron chi connectivity index (χ0n) is 14.2. The number of carbonyl (C=O) groups excluding carboxylic acids is 1. The maximum atomic E-state index is 12.3. The lowest BCUT2D eigenvalue weighted by atomic mass is 10.2. The summed E-state index contributed by atoms with van der Waals surface area (Å²) < 4.78 is 3.16. The van der Waals surface area contributed by atoms with Crippen LogP contribution in [0.15, 0.2) is 65.1 Å². The molecule has 4 rings (SSSR count). The molecule has 2 aromatic heterocycles. The third-order valence-corrected chi connectivity index (χ3v) is 4.86. The molecule has 0 fully saturated rings. The number of aromatic amines is 1. The molecule has 0 spiro atoms. The minimum absolute atomic E-state index is 0.188. The third-order valence-electron chi connectivity index (χ3n) is 4.33. The van der Waals surface area contributed by atoms with Crippen LogP contribution in [0.4, 0.5) is 5.82 Å². The van der Waals surface area contributed by atoms with Crippen molar-refractivity contribution in [3.63, 3.8) is 0 Å². The molecule has 1 amide bonds. The average molecular weight is 409 g/mol. The lowest BCUT2D eigenvalue weighted by Gasteiger charge is -2.05. The zero-order valence-corrected chi connectivity index (χ0v) is 15.7. The standard InChI is InChI=1S/C20H17BrN4O/c1-2-25-17-6-4-3-5-14(17)11-18(25)16-12-19(24-23-16)22-20(26)13-7-9-15(21)10-8-13/h3-12H,2H2,1H3,(H2,22,23,24,26). The number of nitrogens with one attached hydrogen (secondary N) is 2. The number of fused-ring (bicyclic) bond motifs is 1. The Morgan fingerprint density at radius 1 is 1.15 bits per heavy atom. The van der Waals surface area contributed by atoms with Gasteiger partial charge in [0.1, 0.15) is 0 Å². The molecule has 0 aliphatic carbocycles. The number of carbonyl (C=O) groups is 1. The van der Waals surface area contributed by atoms with Crippen molar-refractivity contribution in [2.45, 2.75) is 13.5 Å². The van der Waals surface area contributed by atoms with Crippen molar-refractivity contribution in [2.75, 3.05) is 5.32 Å². The minimum Gasteiger partial charge on any atom is -0.340 e. The van der Waals surface area contributed by atoms with Gasteiger partial charge in [-0.05, 0) is 43.3 Å². The highest BCUT2D eigenvalue weighted by Crippen LogP contribution is 2.28. The van der Waals surface area contributed by atoms with Crippen molar-refractivity contribution in [2.24, 2.45) is 0 Å². The molecule has 0 atom stereocenters. The normalized spacial score (nSPS) is 11.0. The predicted molar refractivity (Wildman–Crippen MR) is 107 cm³/mol. The number of para-hydroxylation sites is 1. The van der Waals surface area contributed by atoms with E-state index in [1.165, 1.54) is 10.9 Å². The van der Waals surface area contributed by atoms with E-state index in [-0.39, 0.29) is 5.91 Å². The summed E-state index contributed by atoms with van der Waals surface area (Å²) in [5.41, 5.74) is 3.68. The first-order valence-corrected chi connectivity index (χ1v) is 9.16. The monoisotopic (exact) mass is 408 g/mol. The van der Waals surface area contributed by atoms with Gasteiger partial charge in [0, 0.05) is 33.6 Å². The fourth-order valence-corrected chi connectivity index (χ4v) is 3.35. The Morgan fingerprint density at radius 2 is 1.92 bits per heavy atom. The summed E-state index contributed by atoms with van der Waals surface area (Å²) in [7, 11) is 0. The summed E-state index contributed by atoms with van der Waals surface area (Å²) in [6, 6.07) is 19.5. The molecule has 4 aromatic rings. The van der Waals surface area contributed by atoms with Crippen LogP contribution in [0.25, 0.3) is 22.3 Å². The Bertz CT molecular complexity index is 1080. The Kier molecular flexibility index (Phi) is 4.34. The van der Waals surface area contributed by atoms with E-state index in [0.717, 1.165) is 22.4 Å². The van der Waals surface area contributed by atoms with Gasteiger partial charge in [0.2, 0.25) is 0 Å². The van der Waals surface area contributed by atoms with Gasteiger partial charge in [0.15, 0.2) is 5.82 Å². The summed E-state index contributed by atoms with van der Waals surface area (Å²) in [6.07, 6.45) is 0. The van der Waals surface area contributed by atoms with Gasteiger partial charge in [-0.25, -0.2) is 0 Å². The van der Waals surface area contributed by atoms with E-state index in [2.05, 4.69) is 61.1 Å². The van der Waals surface area contributed by atoms with E-state index in [9.17, 15) is 4.79 Å². The molecule has 0 saturated carbocycles. The van der Waals surface area contributed by atoms with Crippen LogP contribution in [0.3, 0.4) is 0 Å². The SMILES string of the molecule is CCn1c(-c2cc(NC(=O)c3ccc(Br)cc3)n[nH]2)cc2ccccc21. The number of benzene rings is 2. The fraction of sp³-hybridized carbons (Fsp3) is 0.100.